The van der Waals surface area contributed by atoms with Crippen LogP contribution in [-0.4, -0.2) is 47.4 Å². The van der Waals surface area contributed by atoms with Gasteiger partial charge in [0, 0.05) is 37.9 Å². The number of anilines is 1. The Hall–Kier alpha value is -2.41. The minimum Gasteiger partial charge on any atom is -0.349 e. The van der Waals surface area contributed by atoms with Gasteiger partial charge < -0.3 is 15.1 Å². The number of likely N-dealkylation sites (N-methyl/N-ethyl adjacent to an activating group) is 1. The Balaban J connectivity index is 1.74. The van der Waals surface area contributed by atoms with Gasteiger partial charge in [0.1, 0.15) is 5.01 Å². The number of hydrogen-bond acceptors (Lipinski definition) is 4. The number of hydrogen-bond donors (Lipinski definition) is 1. The summed E-state index contributed by atoms with van der Waals surface area (Å²) in [6.45, 7) is 0.717. The zero-order chi connectivity index (χ0) is 17.8. The Bertz CT molecular complexity index is 745. The standard InChI is InChI=1S/C18H22N4O2S/c1-21(2)16(23)12-13-6-3-4-7-14(13)20-18(24)22-10-5-8-15(22)17-19-9-11-25-17/h3-4,6-7,9,11,15H,5,8,10,12H2,1-2H3,(H,20,24)/t15-/m1/s1. The van der Waals surface area contributed by atoms with Gasteiger partial charge in [-0.3, -0.25) is 4.79 Å². The minimum atomic E-state index is -0.137. The first-order chi connectivity index (χ1) is 12.1. The van der Waals surface area contributed by atoms with E-state index in [1.807, 2.05) is 34.5 Å². The molecule has 1 N–H and O–H groups in total. The molecule has 0 saturated carbocycles. The molecule has 3 amide bonds. The third-order valence-corrected chi connectivity index (χ3v) is 5.23. The fourth-order valence-corrected chi connectivity index (χ4v) is 3.76. The molecule has 0 spiro atoms. The van der Waals surface area contributed by atoms with Crippen LogP contribution >= 0.6 is 11.3 Å². The molecular weight excluding hydrogens is 336 g/mol. The predicted molar refractivity (Wildman–Crippen MR) is 98.7 cm³/mol. The highest BCUT2D eigenvalue weighted by molar-refractivity contribution is 7.09. The molecule has 2 heterocycles. The predicted octanol–water partition coefficient (Wildman–Crippen LogP) is 3.14. The fraction of sp³-hybridized carbons (Fsp3) is 0.389. The third-order valence-electron chi connectivity index (χ3n) is 4.35. The van der Waals surface area contributed by atoms with Gasteiger partial charge in [0.2, 0.25) is 5.91 Å². The lowest BCUT2D eigenvalue weighted by atomic mass is 10.1. The summed E-state index contributed by atoms with van der Waals surface area (Å²) < 4.78 is 0. The summed E-state index contributed by atoms with van der Waals surface area (Å²) in [4.78, 5) is 32.5. The summed E-state index contributed by atoms with van der Waals surface area (Å²) in [6, 6.07) is 7.35. The van der Waals surface area contributed by atoms with E-state index in [1.165, 1.54) is 0 Å². The van der Waals surface area contributed by atoms with E-state index in [2.05, 4.69) is 10.3 Å². The zero-order valence-corrected chi connectivity index (χ0v) is 15.3. The van der Waals surface area contributed by atoms with Gasteiger partial charge in [0.15, 0.2) is 0 Å². The monoisotopic (exact) mass is 358 g/mol. The van der Waals surface area contributed by atoms with Crippen molar-refractivity contribution in [1.29, 1.82) is 0 Å². The van der Waals surface area contributed by atoms with Gasteiger partial charge in [-0.15, -0.1) is 11.3 Å². The van der Waals surface area contributed by atoms with Crippen LogP contribution in [0.25, 0.3) is 0 Å². The molecule has 0 bridgehead atoms. The SMILES string of the molecule is CN(C)C(=O)Cc1ccccc1NC(=O)N1CCC[C@@H]1c1nccs1. The molecule has 0 aliphatic carbocycles. The molecule has 3 rings (SSSR count). The van der Waals surface area contributed by atoms with E-state index in [0.717, 1.165) is 30.0 Å². The Morgan fingerprint density at radius 1 is 1.36 bits per heavy atom. The average Bonchev–Trinajstić information content (AvgIpc) is 3.27. The van der Waals surface area contributed by atoms with E-state index < -0.39 is 0 Å². The molecule has 1 aromatic heterocycles. The van der Waals surface area contributed by atoms with Crippen LogP contribution in [0.15, 0.2) is 35.8 Å². The number of carbonyl (C=O) groups excluding carboxylic acids is 2. The average molecular weight is 358 g/mol. The molecule has 132 valence electrons. The topological polar surface area (TPSA) is 65.5 Å². The van der Waals surface area contributed by atoms with Crippen molar-refractivity contribution in [2.24, 2.45) is 0 Å². The van der Waals surface area contributed by atoms with E-state index in [4.69, 9.17) is 0 Å². The summed E-state index contributed by atoms with van der Waals surface area (Å²) in [5.74, 6) is 0.00327. The quantitative estimate of drug-likeness (QED) is 0.913. The molecule has 0 unspecified atom stereocenters. The second kappa shape index (κ2) is 7.65. The molecule has 1 saturated heterocycles. The Kier molecular flexibility index (Phi) is 5.33. The summed E-state index contributed by atoms with van der Waals surface area (Å²) >= 11 is 1.58. The van der Waals surface area contributed by atoms with E-state index in [0.29, 0.717) is 5.69 Å². The lowest BCUT2D eigenvalue weighted by Crippen LogP contribution is -2.34. The fourth-order valence-electron chi connectivity index (χ4n) is 2.97. The van der Waals surface area contributed by atoms with Crippen molar-refractivity contribution in [3.63, 3.8) is 0 Å². The normalized spacial score (nSPS) is 16.7. The number of amides is 3. The van der Waals surface area contributed by atoms with E-state index in [9.17, 15) is 9.59 Å². The lowest BCUT2D eigenvalue weighted by Gasteiger charge is -2.24. The number of rotatable bonds is 4. The summed E-state index contributed by atoms with van der Waals surface area (Å²) in [5.41, 5.74) is 1.51. The van der Waals surface area contributed by atoms with Gasteiger partial charge in [-0.1, -0.05) is 18.2 Å². The summed E-state index contributed by atoms with van der Waals surface area (Å²) in [7, 11) is 3.46. The molecule has 1 aromatic carbocycles. The number of nitrogens with one attached hydrogen (secondary N) is 1. The van der Waals surface area contributed by atoms with Crippen LogP contribution in [0.5, 0.6) is 0 Å². The van der Waals surface area contributed by atoms with Crippen molar-refractivity contribution in [2.75, 3.05) is 26.0 Å². The van der Waals surface area contributed by atoms with Crippen LogP contribution in [0.1, 0.15) is 29.5 Å². The molecule has 1 aliphatic rings. The van der Waals surface area contributed by atoms with Gasteiger partial charge in [-0.05, 0) is 24.5 Å². The highest BCUT2D eigenvalue weighted by atomic mass is 32.1. The van der Waals surface area contributed by atoms with Crippen molar-refractivity contribution in [2.45, 2.75) is 25.3 Å². The van der Waals surface area contributed by atoms with Gasteiger partial charge in [-0.25, -0.2) is 9.78 Å². The van der Waals surface area contributed by atoms with Crippen molar-refractivity contribution in [3.05, 3.63) is 46.4 Å². The zero-order valence-electron chi connectivity index (χ0n) is 14.4. The summed E-state index contributed by atoms with van der Waals surface area (Å²) in [6.07, 6.45) is 3.94. The highest BCUT2D eigenvalue weighted by Crippen LogP contribution is 2.33. The Morgan fingerprint density at radius 2 is 2.16 bits per heavy atom. The van der Waals surface area contributed by atoms with Crippen LogP contribution in [0.3, 0.4) is 0 Å². The van der Waals surface area contributed by atoms with E-state index in [-0.39, 0.29) is 24.4 Å². The number of nitrogens with zero attached hydrogens (tertiary/aromatic N) is 3. The van der Waals surface area contributed by atoms with Crippen LogP contribution < -0.4 is 5.32 Å². The number of para-hydroxylation sites is 1. The minimum absolute atomic E-state index is 0.00327. The maximum atomic E-state index is 12.8. The largest absolute Gasteiger partial charge is 0.349 e. The van der Waals surface area contributed by atoms with Gasteiger partial charge >= 0.3 is 6.03 Å². The van der Waals surface area contributed by atoms with E-state index in [1.54, 1.807) is 36.5 Å². The molecule has 1 fully saturated rings. The molecule has 25 heavy (non-hydrogen) atoms. The number of urea groups is 1. The third kappa shape index (κ3) is 3.99. The van der Waals surface area contributed by atoms with Gasteiger partial charge in [0.05, 0.1) is 12.5 Å². The molecule has 1 aliphatic heterocycles. The molecule has 7 heteroatoms. The number of benzene rings is 1. The maximum Gasteiger partial charge on any atom is 0.322 e. The molecule has 0 radical (unpaired) electrons. The van der Waals surface area contributed by atoms with Gasteiger partial charge in [0.25, 0.3) is 0 Å². The van der Waals surface area contributed by atoms with Crippen LogP contribution in [0, 0.1) is 0 Å². The first-order valence-corrected chi connectivity index (χ1v) is 9.19. The summed E-state index contributed by atoms with van der Waals surface area (Å²) in [5, 5.41) is 5.89. The number of carbonyl (C=O) groups is 2. The molecule has 1 atom stereocenters. The Morgan fingerprint density at radius 3 is 2.88 bits per heavy atom. The first-order valence-electron chi connectivity index (χ1n) is 8.31. The molecular formula is C18H22N4O2S. The van der Waals surface area contributed by atoms with Crippen molar-refractivity contribution in [1.82, 2.24) is 14.8 Å². The molecule has 6 nitrogen and oxygen atoms in total. The van der Waals surface area contributed by atoms with Crippen LogP contribution in [-0.2, 0) is 11.2 Å². The van der Waals surface area contributed by atoms with Crippen LogP contribution in [0.4, 0.5) is 10.5 Å². The second-order valence-electron chi connectivity index (χ2n) is 6.27. The Labute approximate surface area is 151 Å². The number of likely N-dealkylation sites (tertiary alicyclic amines) is 1. The van der Waals surface area contributed by atoms with Crippen molar-refractivity contribution >= 4 is 29.0 Å². The lowest BCUT2D eigenvalue weighted by molar-refractivity contribution is -0.127. The van der Waals surface area contributed by atoms with Gasteiger partial charge in [-0.2, -0.15) is 0 Å². The maximum absolute atomic E-state index is 12.8. The molecule has 2 aromatic rings. The second-order valence-corrected chi connectivity index (χ2v) is 7.20. The van der Waals surface area contributed by atoms with E-state index >= 15 is 0 Å². The number of thiazole rings is 1. The van der Waals surface area contributed by atoms with Crippen molar-refractivity contribution in [3.8, 4) is 0 Å². The van der Waals surface area contributed by atoms with Crippen LogP contribution in [0.2, 0.25) is 0 Å². The highest BCUT2D eigenvalue weighted by Gasteiger charge is 2.31. The number of aromatic nitrogens is 1. The van der Waals surface area contributed by atoms with Crippen molar-refractivity contribution < 1.29 is 9.59 Å². The smallest absolute Gasteiger partial charge is 0.322 e. The first kappa shape index (κ1) is 17.4.